The molecule has 0 radical (unpaired) electrons. The molecule has 0 unspecified atom stereocenters. The molecule has 0 aliphatic carbocycles. The number of likely N-dealkylation sites (N-methyl/N-ethyl adjacent to an activating group) is 1. The van der Waals surface area contributed by atoms with Crippen LogP contribution in [0.4, 0.5) is 4.79 Å². The molecule has 7 heteroatoms. The van der Waals surface area contributed by atoms with Crippen LogP contribution in [0.2, 0.25) is 0 Å². The van der Waals surface area contributed by atoms with E-state index in [1.54, 1.807) is 11.9 Å². The first-order valence-corrected chi connectivity index (χ1v) is 5.95. The van der Waals surface area contributed by atoms with Gasteiger partial charge >= 0.3 is 12.0 Å². The Bertz CT molecular complexity index is 345. The van der Waals surface area contributed by atoms with Gasteiger partial charge in [0.2, 0.25) is 5.91 Å². The molecule has 0 aromatic rings. The first kappa shape index (κ1) is 14.3. The zero-order valence-corrected chi connectivity index (χ0v) is 10.8. The van der Waals surface area contributed by atoms with Crippen molar-refractivity contribution < 1.29 is 19.5 Å². The molecule has 1 N–H and O–H groups in total. The topological polar surface area (TPSA) is 81.2 Å². The number of urea groups is 1. The highest BCUT2D eigenvalue weighted by Crippen LogP contribution is 2.06. The fourth-order valence-electron chi connectivity index (χ4n) is 1.80. The maximum absolute atomic E-state index is 12.1. The zero-order valence-electron chi connectivity index (χ0n) is 10.8. The van der Waals surface area contributed by atoms with E-state index in [0.717, 1.165) is 0 Å². The molecular formula is C11H19N3O4. The Morgan fingerprint density at radius 3 is 2.56 bits per heavy atom. The summed E-state index contributed by atoms with van der Waals surface area (Å²) in [7, 11) is 1.69. The van der Waals surface area contributed by atoms with Crippen molar-refractivity contribution in [2.45, 2.75) is 13.3 Å². The third-order valence-electron chi connectivity index (χ3n) is 2.82. The summed E-state index contributed by atoms with van der Waals surface area (Å²) in [6.07, 6.45) is 0.681. The van der Waals surface area contributed by atoms with Crippen molar-refractivity contribution in [1.29, 1.82) is 0 Å². The van der Waals surface area contributed by atoms with Gasteiger partial charge in [-0.2, -0.15) is 0 Å². The lowest BCUT2D eigenvalue weighted by atomic mass is 10.3. The van der Waals surface area contributed by atoms with Crippen molar-refractivity contribution in [3.05, 3.63) is 0 Å². The summed E-state index contributed by atoms with van der Waals surface area (Å²) >= 11 is 0. The third kappa shape index (κ3) is 3.61. The highest BCUT2D eigenvalue weighted by molar-refractivity contribution is 5.86. The summed E-state index contributed by atoms with van der Waals surface area (Å²) in [5, 5.41) is 8.76. The van der Waals surface area contributed by atoms with E-state index in [0.29, 0.717) is 26.1 Å². The van der Waals surface area contributed by atoms with Gasteiger partial charge in [-0.05, 0) is 6.42 Å². The number of amides is 3. The Hall–Kier alpha value is -1.79. The molecule has 0 aromatic carbocycles. The molecule has 1 heterocycles. The molecule has 7 nitrogen and oxygen atoms in total. The highest BCUT2D eigenvalue weighted by Gasteiger charge is 2.28. The number of carboxylic acids is 1. The Balaban J connectivity index is 2.65. The molecule has 1 aliphatic heterocycles. The number of hydrogen-bond acceptors (Lipinski definition) is 3. The largest absolute Gasteiger partial charge is 0.480 e. The minimum absolute atomic E-state index is 0.0230. The maximum Gasteiger partial charge on any atom is 0.323 e. The normalized spacial score (nSPS) is 15.8. The van der Waals surface area contributed by atoms with Crippen molar-refractivity contribution in [3.8, 4) is 0 Å². The van der Waals surface area contributed by atoms with Crippen LogP contribution in [-0.4, -0.2) is 77.5 Å². The van der Waals surface area contributed by atoms with Crippen molar-refractivity contribution >= 4 is 17.9 Å². The number of rotatable bonds is 4. The zero-order chi connectivity index (χ0) is 13.7. The predicted octanol–water partition coefficient (Wildman–Crippen LogP) is -0.323. The molecular weight excluding hydrogens is 238 g/mol. The van der Waals surface area contributed by atoms with Crippen LogP contribution in [0.5, 0.6) is 0 Å². The summed E-state index contributed by atoms with van der Waals surface area (Å²) in [5.41, 5.74) is 0. The van der Waals surface area contributed by atoms with Crippen LogP contribution in [0, 0.1) is 0 Å². The number of carboxylic acid groups (broad SMARTS) is 1. The lowest BCUT2D eigenvalue weighted by Gasteiger charge is -2.35. The molecule has 0 atom stereocenters. The molecule has 0 bridgehead atoms. The van der Waals surface area contributed by atoms with E-state index in [4.69, 9.17) is 5.11 Å². The van der Waals surface area contributed by atoms with Gasteiger partial charge in [0.1, 0.15) is 13.1 Å². The van der Waals surface area contributed by atoms with Crippen molar-refractivity contribution in [2.75, 3.05) is 39.8 Å². The van der Waals surface area contributed by atoms with Gasteiger partial charge < -0.3 is 19.8 Å². The van der Waals surface area contributed by atoms with Gasteiger partial charge in [0, 0.05) is 26.7 Å². The van der Waals surface area contributed by atoms with Crippen molar-refractivity contribution in [1.82, 2.24) is 14.7 Å². The summed E-state index contributed by atoms with van der Waals surface area (Å²) < 4.78 is 0. The van der Waals surface area contributed by atoms with Crippen molar-refractivity contribution in [2.24, 2.45) is 0 Å². The van der Waals surface area contributed by atoms with Gasteiger partial charge in [-0.3, -0.25) is 9.59 Å². The average molecular weight is 257 g/mol. The Morgan fingerprint density at radius 2 is 2.06 bits per heavy atom. The highest BCUT2D eigenvalue weighted by atomic mass is 16.4. The van der Waals surface area contributed by atoms with E-state index in [9.17, 15) is 14.4 Å². The molecule has 1 aliphatic rings. The molecule has 18 heavy (non-hydrogen) atoms. The SMILES string of the molecule is CCCN(CC(=O)O)C(=O)N1CCN(C)C(=O)C1. The first-order chi connectivity index (χ1) is 8.45. The lowest BCUT2D eigenvalue weighted by Crippen LogP contribution is -2.55. The summed E-state index contributed by atoms with van der Waals surface area (Å²) in [6, 6.07) is -0.374. The number of aliphatic carboxylic acids is 1. The molecule has 3 amide bonds. The summed E-state index contributed by atoms with van der Waals surface area (Å²) in [6.45, 7) is 2.88. The second-order valence-corrected chi connectivity index (χ2v) is 4.33. The third-order valence-corrected chi connectivity index (χ3v) is 2.82. The smallest absolute Gasteiger partial charge is 0.323 e. The number of carbonyl (C=O) groups excluding carboxylic acids is 2. The number of carbonyl (C=O) groups is 3. The second kappa shape index (κ2) is 6.23. The number of nitrogens with zero attached hydrogens (tertiary/aromatic N) is 3. The molecule has 0 saturated carbocycles. The molecule has 1 saturated heterocycles. The van der Waals surface area contributed by atoms with Gasteiger partial charge in [0.15, 0.2) is 0 Å². The van der Waals surface area contributed by atoms with E-state index in [1.807, 2.05) is 6.92 Å². The monoisotopic (exact) mass is 257 g/mol. The van der Waals surface area contributed by atoms with E-state index < -0.39 is 5.97 Å². The quantitative estimate of drug-likeness (QED) is 0.748. The molecule has 1 rings (SSSR count). The first-order valence-electron chi connectivity index (χ1n) is 5.95. The van der Waals surface area contributed by atoms with Crippen LogP contribution in [0.3, 0.4) is 0 Å². The minimum atomic E-state index is -1.04. The van der Waals surface area contributed by atoms with Crippen LogP contribution >= 0.6 is 0 Å². The second-order valence-electron chi connectivity index (χ2n) is 4.33. The van der Waals surface area contributed by atoms with E-state index in [2.05, 4.69) is 0 Å². The number of hydrogen-bond donors (Lipinski definition) is 1. The fourth-order valence-corrected chi connectivity index (χ4v) is 1.80. The molecule has 0 spiro atoms. The van der Waals surface area contributed by atoms with Gasteiger partial charge in [-0.15, -0.1) is 0 Å². The van der Waals surface area contributed by atoms with Gasteiger partial charge in [-0.25, -0.2) is 4.79 Å². The van der Waals surface area contributed by atoms with Gasteiger partial charge in [-0.1, -0.05) is 6.92 Å². The van der Waals surface area contributed by atoms with Gasteiger partial charge in [0.25, 0.3) is 0 Å². The van der Waals surface area contributed by atoms with E-state index in [-0.39, 0.29) is 25.0 Å². The van der Waals surface area contributed by atoms with Crippen LogP contribution in [-0.2, 0) is 9.59 Å². The standard InChI is InChI=1S/C11H19N3O4/c1-3-4-13(8-10(16)17)11(18)14-6-5-12(2)9(15)7-14/h3-8H2,1-2H3,(H,16,17). The average Bonchev–Trinajstić information content (AvgIpc) is 2.31. The Kier molecular flexibility index (Phi) is 4.94. The van der Waals surface area contributed by atoms with Crippen LogP contribution in [0.25, 0.3) is 0 Å². The Labute approximate surface area is 106 Å². The van der Waals surface area contributed by atoms with E-state index >= 15 is 0 Å². The Morgan fingerprint density at radius 1 is 1.39 bits per heavy atom. The maximum atomic E-state index is 12.1. The van der Waals surface area contributed by atoms with Crippen LogP contribution in [0.1, 0.15) is 13.3 Å². The molecule has 0 aromatic heterocycles. The predicted molar refractivity (Wildman–Crippen MR) is 64.1 cm³/mol. The van der Waals surface area contributed by atoms with Crippen LogP contribution in [0.15, 0.2) is 0 Å². The van der Waals surface area contributed by atoms with Gasteiger partial charge in [0.05, 0.1) is 0 Å². The van der Waals surface area contributed by atoms with Crippen LogP contribution < -0.4 is 0 Å². The number of piperazine rings is 1. The summed E-state index contributed by atoms with van der Waals surface area (Å²) in [5.74, 6) is -1.17. The minimum Gasteiger partial charge on any atom is -0.480 e. The summed E-state index contributed by atoms with van der Waals surface area (Å²) in [4.78, 5) is 38.5. The fraction of sp³-hybridized carbons (Fsp3) is 0.727. The van der Waals surface area contributed by atoms with E-state index in [1.165, 1.54) is 9.80 Å². The molecule has 102 valence electrons. The molecule has 1 fully saturated rings. The lowest BCUT2D eigenvalue weighted by molar-refractivity contribution is -0.137. The van der Waals surface area contributed by atoms with Crippen molar-refractivity contribution in [3.63, 3.8) is 0 Å².